The molecule has 0 atom stereocenters. The third-order valence-corrected chi connectivity index (χ3v) is 4.98. The number of hydrogen-bond acceptors (Lipinski definition) is 10. The number of benzene rings is 2. The lowest BCUT2D eigenvalue weighted by atomic mass is 10.2. The molecule has 0 unspecified atom stereocenters. The highest BCUT2D eigenvalue weighted by atomic mass is 32.2. The lowest BCUT2D eigenvalue weighted by molar-refractivity contribution is -0.113. The number of nitrogens with two attached hydrogens (primary N) is 1. The van der Waals surface area contributed by atoms with Crippen molar-refractivity contribution in [2.75, 3.05) is 36.1 Å². The molecule has 0 bridgehead atoms. The van der Waals surface area contributed by atoms with Crippen LogP contribution in [0.15, 0.2) is 52.7 Å². The molecular weight excluding hydrogens is 434 g/mol. The third kappa shape index (κ3) is 5.82. The number of carbonyl (C=O) groups is 1. The summed E-state index contributed by atoms with van der Waals surface area (Å²) in [6.07, 6.45) is 1.48. The minimum atomic E-state index is -0.239. The fourth-order valence-electron chi connectivity index (χ4n) is 2.57. The fourth-order valence-corrected chi connectivity index (χ4v) is 3.23. The van der Waals surface area contributed by atoms with Gasteiger partial charge in [0.25, 0.3) is 5.95 Å². The molecule has 3 aromatic rings. The monoisotopic (exact) mass is 457 g/mol. The van der Waals surface area contributed by atoms with E-state index in [9.17, 15) is 9.90 Å². The number of phenols is 1. The number of hydrazone groups is 1. The maximum atomic E-state index is 12.3. The Balaban J connectivity index is 1.54. The van der Waals surface area contributed by atoms with Crippen LogP contribution in [-0.4, -0.2) is 51.6 Å². The number of carbonyl (C=O) groups excluding carboxylic acids is 1. The largest absolute Gasteiger partial charge is 0.504 e. The van der Waals surface area contributed by atoms with E-state index in [-0.39, 0.29) is 23.4 Å². The highest BCUT2D eigenvalue weighted by Crippen LogP contribution is 2.26. The lowest BCUT2D eigenvalue weighted by Crippen LogP contribution is -2.17. The smallest absolute Gasteiger partial charge is 0.264 e. The number of nitrogens with one attached hydrogen (secondary N) is 2. The van der Waals surface area contributed by atoms with Crippen LogP contribution in [-0.2, 0) is 4.79 Å². The van der Waals surface area contributed by atoms with Crippen LogP contribution in [0, 0.1) is 0 Å². The first kappa shape index (κ1) is 22.7. The molecule has 2 aromatic carbocycles. The van der Waals surface area contributed by atoms with E-state index in [0.29, 0.717) is 34.5 Å². The quantitative estimate of drug-likeness (QED) is 0.156. The number of hydrogen-bond donors (Lipinski definition) is 4. The Morgan fingerprint density at radius 3 is 2.84 bits per heavy atom. The molecule has 3 rings (SSSR count). The molecule has 0 aliphatic rings. The average Bonchev–Trinajstić information content (AvgIpc) is 3.13. The van der Waals surface area contributed by atoms with E-state index in [1.54, 1.807) is 24.3 Å². The zero-order chi connectivity index (χ0) is 22.9. The number of rotatable bonds is 10. The molecule has 32 heavy (non-hydrogen) atoms. The van der Waals surface area contributed by atoms with Crippen molar-refractivity contribution < 1.29 is 19.4 Å². The number of aromatic nitrogens is 3. The van der Waals surface area contributed by atoms with Gasteiger partial charge in [-0.2, -0.15) is 5.10 Å². The van der Waals surface area contributed by atoms with Gasteiger partial charge in [0.05, 0.1) is 31.4 Å². The van der Waals surface area contributed by atoms with Gasteiger partial charge in [-0.05, 0) is 42.8 Å². The van der Waals surface area contributed by atoms with Gasteiger partial charge in [-0.1, -0.05) is 23.9 Å². The Hall–Kier alpha value is -3.93. The second-order valence-corrected chi connectivity index (χ2v) is 7.19. The molecule has 5 N–H and O–H groups in total. The van der Waals surface area contributed by atoms with Crippen molar-refractivity contribution in [3.63, 3.8) is 0 Å². The number of anilines is 2. The van der Waals surface area contributed by atoms with Crippen molar-refractivity contribution in [3.05, 3.63) is 48.0 Å². The summed E-state index contributed by atoms with van der Waals surface area (Å²) >= 11 is 1.12. The number of methoxy groups -OCH3 is 1. The van der Waals surface area contributed by atoms with Gasteiger partial charge in [0.15, 0.2) is 11.5 Å². The van der Waals surface area contributed by atoms with Crippen LogP contribution in [0.25, 0.3) is 0 Å². The number of para-hydroxylation sites is 2. The van der Waals surface area contributed by atoms with Crippen molar-refractivity contribution in [1.82, 2.24) is 14.9 Å². The maximum absolute atomic E-state index is 12.3. The fraction of sp³-hybridized carbons (Fsp3) is 0.200. The summed E-state index contributed by atoms with van der Waals surface area (Å²) in [4.78, 5) is 12.3. The van der Waals surface area contributed by atoms with E-state index >= 15 is 0 Å². The molecule has 0 saturated carbocycles. The van der Waals surface area contributed by atoms with E-state index in [1.807, 2.05) is 19.1 Å². The molecule has 0 fully saturated rings. The van der Waals surface area contributed by atoms with Crippen LogP contribution in [0.5, 0.6) is 17.2 Å². The van der Waals surface area contributed by atoms with Crippen LogP contribution in [0.1, 0.15) is 12.5 Å². The SMILES string of the molecule is CCOc1ccccc1NC(=O)CSc1nnc(N/N=C/c2ccc(OC)c(O)c2)n1N. The number of aromatic hydroxyl groups is 1. The van der Waals surface area contributed by atoms with Gasteiger partial charge in [0.1, 0.15) is 5.75 Å². The Kier molecular flexibility index (Phi) is 7.75. The van der Waals surface area contributed by atoms with Gasteiger partial charge in [0, 0.05) is 0 Å². The number of nitrogen functional groups attached to an aromatic ring is 1. The normalized spacial score (nSPS) is 10.8. The van der Waals surface area contributed by atoms with Crippen LogP contribution in [0.4, 0.5) is 11.6 Å². The van der Waals surface area contributed by atoms with Crippen LogP contribution in [0.3, 0.4) is 0 Å². The Labute approximate surface area is 188 Å². The molecule has 1 amide bonds. The summed E-state index contributed by atoms with van der Waals surface area (Å²) in [6.45, 7) is 2.37. The molecule has 11 nitrogen and oxygen atoms in total. The number of phenolic OH excluding ortho intramolecular Hbond substituents is 1. The van der Waals surface area contributed by atoms with Crippen molar-refractivity contribution in [3.8, 4) is 17.2 Å². The first-order chi connectivity index (χ1) is 15.5. The van der Waals surface area contributed by atoms with Gasteiger partial charge in [-0.3, -0.25) is 4.79 Å². The summed E-state index contributed by atoms with van der Waals surface area (Å²) < 4.78 is 11.7. The topological polar surface area (TPSA) is 149 Å². The van der Waals surface area contributed by atoms with Gasteiger partial charge < -0.3 is 25.7 Å². The summed E-state index contributed by atoms with van der Waals surface area (Å²) in [5, 5.41) is 24.8. The Bertz CT molecular complexity index is 1100. The molecule has 1 aromatic heterocycles. The van der Waals surface area contributed by atoms with Gasteiger partial charge >= 0.3 is 0 Å². The van der Waals surface area contributed by atoms with Crippen molar-refractivity contribution >= 4 is 35.5 Å². The molecule has 0 saturated heterocycles. The van der Waals surface area contributed by atoms with Crippen LogP contribution < -0.4 is 26.1 Å². The Morgan fingerprint density at radius 2 is 2.09 bits per heavy atom. The first-order valence-electron chi connectivity index (χ1n) is 9.52. The van der Waals surface area contributed by atoms with E-state index in [0.717, 1.165) is 11.8 Å². The number of thioether (sulfide) groups is 1. The lowest BCUT2D eigenvalue weighted by Gasteiger charge is -2.10. The Morgan fingerprint density at radius 1 is 1.28 bits per heavy atom. The van der Waals surface area contributed by atoms with E-state index in [1.165, 1.54) is 24.1 Å². The molecule has 12 heteroatoms. The second kappa shape index (κ2) is 10.9. The molecule has 0 spiro atoms. The highest BCUT2D eigenvalue weighted by Gasteiger charge is 2.13. The maximum Gasteiger partial charge on any atom is 0.264 e. The minimum Gasteiger partial charge on any atom is -0.504 e. The van der Waals surface area contributed by atoms with Gasteiger partial charge in [0.2, 0.25) is 11.1 Å². The number of amides is 1. The molecular formula is C20H23N7O4S. The predicted octanol–water partition coefficient (Wildman–Crippen LogP) is 2.28. The number of ether oxygens (including phenoxy) is 2. The van der Waals surface area contributed by atoms with Gasteiger partial charge in [-0.15, -0.1) is 10.2 Å². The van der Waals surface area contributed by atoms with Crippen molar-refractivity contribution in [1.29, 1.82) is 0 Å². The predicted molar refractivity (Wildman–Crippen MR) is 123 cm³/mol. The molecule has 0 aliphatic heterocycles. The third-order valence-electron chi connectivity index (χ3n) is 4.04. The van der Waals surface area contributed by atoms with E-state index in [2.05, 4.69) is 26.0 Å². The number of nitrogens with zero attached hydrogens (tertiary/aromatic N) is 4. The molecule has 0 radical (unpaired) electrons. The summed E-state index contributed by atoms with van der Waals surface area (Å²) in [6, 6.07) is 12.0. The summed E-state index contributed by atoms with van der Waals surface area (Å²) in [7, 11) is 1.47. The summed E-state index contributed by atoms with van der Waals surface area (Å²) in [5.41, 5.74) is 3.90. The van der Waals surface area contributed by atoms with Crippen LogP contribution >= 0.6 is 11.8 Å². The summed E-state index contributed by atoms with van der Waals surface area (Å²) in [5.74, 6) is 6.96. The first-order valence-corrected chi connectivity index (χ1v) is 10.5. The zero-order valence-electron chi connectivity index (χ0n) is 17.5. The van der Waals surface area contributed by atoms with E-state index in [4.69, 9.17) is 15.3 Å². The second-order valence-electron chi connectivity index (χ2n) is 6.24. The van der Waals surface area contributed by atoms with Crippen molar-refractivity contribution in [2.45, 2.75) is 12.1 Å². The minimum absolute atomic E-state index is 0.000662. The zero-order valence-corrected chi connectivity index (χ0v) is 18.3. The standard InChI is InChI=1S/C20H23N7O4S/c1-3-31-16-7-5-4-6-14(16)23-18(29)12-32-20-26-25-19(27(20)21)24-22-11-13-8-9-17(30-2)15(28)10-13/h4-11,28H,3,12,21H2,1-2H3,(H,23,29)(H,24,25)/b22-11+. The van der Waals surface area contributed by atoms with E-state index < -0.39 is 0 Å². The molecule has 168 valence electrons. The average molecular weight is 458 g/mol. The van der Waals surface area contributed by atoms with Crippen molar-refractivity contribution in [2.24, 2.45) is 5.10 Å². The molecule has 1 heterocycles. The van der Waals surface area contributed by atoms with Gasteiger partial charge in [-0.25, -0.2) is 10.1 Å². The highest BCUT2D eigenvalue weighted by molar-refractivity contribution is 7.99. The molecule has 0 aliphatic carbocycles. The van der Waals surface area contributed by atoms with Crippen LogP contribution in [0.2, 0.25) is 0 Å².